The van der Waals surface area contributed by atoms with E-state index < -0.39 is 0 Å². The molecule has 1 saturated heterocycles. The second-order valence-corrected chi connectivity index (χ2v) is 7.27. The van der Waals surface area contributed by atoms with Crippen molar-refractivity contribution in [2.45, 2.75) is 38.5 Å². The molecule has 0 radical (unpaired) electrons. The number of carbonyl (C=O) groups excluding carboxylic acids is 1. The highest BCUT2D eigenvalue weighted by molar-refractivity contribution is 7.97. The summed E-state index contributed by atoms with van der Waals surface area (Å²) in [4.78, 5) is 12.2. The highest BCUT2D eigenvalue weighted by Gasteiger charge is 2.28. The molecule has 0 spiro atoms. The third-order valence-corrected chi connectivity index (χ3v) is 4.84. The molecule has 2 N–H and O–H groups in total. The van der Waals surface area contributed by atoms with Crippen LogP contribution in [0.3, 0.4) is 0 Å². The van der Waals surface area contributed by atoms with Crippen LogP contribution in [-0.2, 0) is 10.5 Å². The summed E-state index contributed by atoms with van der Waals surface area (Å²) in [6.45, 7) is 5.87. The number of ether oxygens (including phenoxy) is 1. The molecule has 2 atom stereocenters. The first-order valence-corrected chi connectivity index (χ1v) is 9.74. The maximum absolute atomic E-state index is 12.2. The lowest BCUT2D eigenvalue weighted by atomic mass is 9.87. The van der Waals surface area contributed by atoms with Crippen LogP contribution < -0.4 is 10.6 Å². The summed E-state index contributed by atoms with van der Waals surface area (Å²) in [5.74, 6) is 1.77. The van der Waals surface area contributed by atoms with Gasteiger partial charge in [-0.3, -0.25) is 0 Å². The van der Waals surface area contributed by atoms with E-state index in [4.69, 9.17) is 4.74 Å². The Labute approximate surface area is 143 Å². The standard InChI is InChI=1S/C18H28N2O2S/c1-13(2)17-14(8-6-10-22-17)11-19-18(21)20-16-9-5-4-7-15(16)12-23-3/h4-5,7,9,13-14,17H,6,8,10-12H2,1-3H3,(H2,19,20,21)/t14-,17+/m1/s1. The van der Waals surface area contributed by atoms with Gasteiger partial charge in [-0.05, 0) is 36.6 Å². The van der Waals surface area contributed by atoms with Crippen molar-refractivity contribution in [3.63, 3.8) is 0 Å². The van der Waals surface area contributed by atoms with Gasteiger partial charge < -0.3 is 15.4 Å². The molecule has 1 aromatic carbocycles. The number of amides is 2. The molecule has 23 heavy (non-hydrogen) atoms. The summed E-state index contributed by atoms with van der Waals surface area (Å²) >= 11 is 1.75. The zero-order chi connectivity index (χ0) is 16.7. The number of hydrogen-bond acceptors (Lipinski definition) is 3. The van der Waals surface area contributed by atoms with Gasteiger partial charge >= 0.3 is 6.03 Å². The van der Waals surface area contributed by atoms with Gasteiger partial charge in [-0.2, -0.15) is 11.8 Å². The molecule has 0 bridgehead atoms. The van der Waals surface area contributed by atoms with Crippen molar-refractivity contribution in [1.29, 1.82) is 0 Å². The molecule has 0 unspecified atom stereocenters. The molecule has 5 heteroatoms. The Kier molecular flexibility index (Phi) is 7.24. The van der Waals surface area contributed by atoms with Gasteiger partial charge in [0.2, 0.25) is 0 Å². The Hall–Kier alpha value is -1.20. The minimum Gasteiger partial charge on any atom is -0.378 e. The smallest absolute Gasteiger partial charge is 0.319 e. The Bertz CT molecular complexity index is 508. The molecule has 0 aromatic heterocycles. The average Bonchev–Trinajstić information content (AvgIpc) is 2.55. The van der Waals surface area contributed by atoms with Gasteiger partial charge in [0, 0.05) is 30.5 Å². The number of para-hydroxylation sites is 1. The molecule has 1 aliphatic heterocycles. The van der Waals surface area contributed by atoms with E-state index in [2.05, 4.69) is 36.8 Å². The summed E-state index contributed by atoms with van der Waals surface area (Å²) in [7, 11) is 0. The fourth-order valence-electron chi connectivity index (χ4n) is 3.13. The minimum atomic E-state index is -0.133. The average molecular weight is 337 g/mol. The van der Waals surface area contributed by atoms with Crippen LogP contribution in [0.15, 0.2) is 24.3 Å². The molecule has 1 fully saturated rings. The third-order valence-electron chi connectivity index (χ3n) is 4.24. The first-order chi connectivity index (χ1) is 11.1. The van der Waals surface area contributed by atoms with Gasteiger partial charge in [0.15, 0.2) is 0 Å². The number of anilines is 1. The number of urea groups is 1. The summed E-state index contributed by atoms with van der Waals surface area (Å²) < 4.78 is 5.88. The monoisotopic (exact) mass is 336 g/mol. The van der Waals surface area contributed by atoms with Crippen molar-refractivity contribution >= 4 is 23.5 Å². The fraction of sp³-hybridized carbons (Fsp3) is 0.611. The van der Waals surface area contributed by atoms with Gasteiger partial charge in [-0.15, -0.1) is 0 Å². The predicted octanol–water partition coefficient (Wildman–Crippen LogP) is 4.12. The number of rotatable bonds is 6. The largest absolute Gasteiger partial charge is 0.378 e. The van der Waals surface area contributed by atoms with Crippen molar-refractivity contribution in [3.05, 3.63) is 29.8 Å². The zero-order valence-electron chi connectivity index (χ0n) is 14.3. The van der Waals surface area contributed by atoms with Crippen LogP contribution in [0, 0.1) is 11.8 Å². The molecule has 0 aliphatic carbocycles. The first-order valence-electron chi connectivity index (χ1n) is 8.35. The lowest BCUT2D eigenvalue weighted by molar-refractivity contribution is -0.0507. The molecular formula is C18H28N2O2S. The Morgan fingerprint density at radius 2 is 2.17 bits per heavy atom. The van der Waals surface area contributed by atoms with E-state index in [1.165, 1.54) is 0 Å². The van der Waals surface area contributed by atoms with Crippen LogP contribution in [0.1, 0.15) is 32.3 Å². The van der Waals surface area contributed by atoms with Crippen molar-refractivity contribution in [3.8, 4) is 0 Å². The number of hydrogen-bond donors (Lipinski definition) is 2. The van der Waals surface area contributed by atoms with Gasteiger partial charge in [0.25, 0.3) is 0 Å². The van der Waals surface area contributed by atoms with Crippen LogP contribution in [-0.4, -0.2) is 31.5 Å². The highest BCUT2D eigenvalue weighted by Crippen LogP contribution is 2.26. The molecule has 4 nitrogen and oxygen atoms in total. The quantitative estimate of drug-likeness (QED) is 0.821. The van der Waals surface area contributed by atoms with E-state index in [1.807, 2.05) is 18.2 Å². The second-order valence-electron chi connectivity index (χ2n) is 6.41. The number of benzene rings is 1. The lowest BCUT2D eigenvalue weighted by Gasteiger charge is -2.34. The molecule has 2 rings (SSSR count). The van der Waals surface area contributed by atoms with E-state index in [9.17, 15) is 4.79 Å². The van der Waals surface area contributed by atoms with Gasteiger partial charge in [0.1, 0.15) is 0 Å². The van der Waals surface area contributed by atoms with Gasteiger partial charge in [0.05, 0.1) is 6.10 Å². The van der Waals surface area contributed by atoms with E-state index in [0.29, 0.717) is 18.4 Å². The maximum Gasteiger partial charge on any atom is 0.319 e. The number of nitrogens with one attached hydrogen (secondary N) is 2. The van der Waals surface area contributed by atoms with E-state index in [-0.39, 0.29) is 12.1 Å². The topological polar surface area (TPSA) is 50.4 Å². The minimum absolute atomic E-state index is 0.133. The molecule has 2 amide bonds. The van der Waals surface area contributed by atoms with Crippen molar-refractivity contribution in [1.82, 2.24) is 5.32 Å². The van der Waals surface area contributed by atoms with Crippen LogP contribution in [0.4, 0.5) is 10.5 Å². The van der Waals surface area contributed by atoms with E-state index >= 15 is 0 Å². The fourth-order valence-corrected chi connectivity index (χ4v) is 3.70. The molecule has 1 aromatic rings. The molecular weight excluding hydrogens is 308 g/mol. The predicted molar refractivity (Wildman–Crippen MR) is 98.0 cm³/mol. The van der Waals surface area contributed by atoms with Crippen LogP contribution in [0.25, 0.3) is 0 Å². The normalized spacial score (nSPS) is 21.2. The third kappa shape index (κ3) is 5.43. The molecule has 128 valence electrons. The van der Waals surface area contributed by atoms with Gasteiger partial charge in [-0.1, -0.05) is 32.0 Å². The first kappa shape index (κ1) is 18.1. The summed E-state index contributed by atoms with van der Waals surface area (Å²) in [6, 6.07) is 7.82. The lowest BCUT2D eigenvalue weighted by Crippen LogP contribution is -2.42. The Morgan fingerprint density at radius 1 is 1.39 bits per heavy atom. The number of thioether (sulfide) groups is 1. The Morgan fingerprint density at radius 3 is 2.91 bits per heavy atom. The van der Waals surface area contributed by atoms with E-state index in [1.54, 1.807) is 11.8 Å². The highest BCUT2D eigenvalue weighted by atomic mass is 32.2. The molecule has 1 aliphatic rings. The summed E-state index contributed by atoms with van der Waals surface area (Å²) in [5.41, 5.74) is 2.04. The molecule has 0 saturated carbocycles. The van der Waals surface area contributed by atoms with Crippen LogP contribution >= 0.6 is 11.8 Å². The van der Waals surface area contributed by atoms with E-state index in [0.717, 1.165) is 36.5 Å². The Balaban J connectivity index is 1.87. The zero-order valence-corrected chi connectivity index (χ0v) is 15.1. The maximum atomic E-state index is 12.2. The SMILES string of the molecule is CSCc1ccccc1NC(=O)NC[C@H]1CCCO[C@H]1C(C)C. The molecule has 1 heterocycles. The second kappa shape index (κ2) is 9.18. The summed E-state index contributed by atoms with van der Waals surface area (Å²) in [5, 5.41) is 5.99. The number of carbonyl (C=O) groups is 1. The van der Waals surface area contributed by atoms with Crippen LogP contribution in [0.5, 0.6) is 0 Å². The summed E-state index contributed by atoms with van der Waals surface area (Å²) in [6.07, 6.45) is 4.50. The van der Waals surface area contributed by atoms with Crippen molar-refractivity contribution < 1.29 is 9.53 Å². The van der Waals surface area contributed by atoms with Crippen LogP contribution in [0.2, 0.25) is 0 Å². The van der Waals surface area contributed by atoms with Crippen molar-refractivity contribution in [2.75, 3.05) is 24.7 Å². The van der Waals surface area contributed by atoms with Gasteiger partial charge in [-0.25, -0.2) is 4.79 Å². The van der Waals surface area contributed by atoms with Crippen molar-refractivity contribution in [2.24, 2.45) is 11.8 Å².